The van der Waals surface area contributed by atoms with E-state index in [9.17, 15) is 4.80 Å². The van der Waals surface area contributed by atoms with Crippen LogP contribution in [0.1, 0.15) is 0 Å². The van der Waals surface area contributed by atoms with Crippen molar-refractivity contribution in [3.8, 4) is 0 Å². The van der Waals surface area contributed by atoms with Gasteiger partial charge in [0.05, 0.1) is 0 Å². The molecule has 0 aromatic rings. The molecule has 0 atom stereocenters. The summed E-state index contributed by atoms with van der Waals surface area (Å²) < 4.78 is 31.4. The van der Waals surface area contributed by atoms with E-state index in [1.807, 2.05) is 0 Å². The average Bonchev–Trinajstić information content (AvgIpc) is 2.27. The molecule has 0 aliphatic heterocycles. The minimum atomic E-state index is -3.43. The Hall–Kier alpha value is 0.371. The fourth-order valence-electron chi connectivity index (χ4n) is 1.04. The van der Waals surface area contributed by atoms with Crippen molar-refractivity contribution < 1.29 is 30.7 Å². The third-order valence-electron chi connectivity index (χ3n) is 2.23. The first kappa shape index (κ1) is 17.4. The van der Waals surface area contributed by atoms with Gasteiger partial charge in [-0.1, -0.05) is 0 Å². The van der Waals surface area contributed by atoms with Crippen molar-refractivity contribution in [2.75, 3.05) is 28.4 Å². The minimum absolute atomic E-state index is 1.46. The van der Waals surface area contributed by atoms with Gasteiger partial charge in [0.2, 0.25) is 0 Å². The molecule has 7 nitrogen and oxygen atoms in total. The van der Waals surface area contributed by atoms with Crippen LogP contribution >= 0.6 is 0 Å². The first-order valence-corrected chi connectivity index (χ1v) is 11.7. The van der Waals surface area contributed by atoms with Crippen molar-refractivity contribution in [3.63, 3.8) is 0 Å². The molecule has 0 fully saturated rings. The highest BCUT2D eigenvalue weighted by atomic mass is 28.5. The first-order chi connectivity index (χ1) is 7.66. The highest BCUT2D eigenvalue weighted by Crippen LogP contribution is 2.19. The van der Waals surface area contributed by atoms with Crippen molar-refractivity contribution in [2.24, 2.45) is 0 Å². The Labute approximate surface area is 106 Å². The maximum Gasteiger partial charge on any atom is 0.489 e. The molecule has 17 heavy (non-hydrogen) atoms. The number of rotatable bonds is 8. The van der Waals surface area contributed by atoms with Crippen LogP contribution < -0.4 is 0 Å². The van der Waals surface area contributed by atoms with Crippen molar-refractivity contribution >= 4 is 26.4 Å². The largest absolute Gasteiger partial charge is 0.489 e. The molecule has 104 valence electrons. The Balaban J connectivity index is 4.68. The summed E-state index contributed by atoms with van der Waals surface area (Å²) in [7, 11) is -3.31. The molecule has 1 N–H and O–H groups in total. The Morgan fingerprint density at radius 3 is 1.06 bits per heavy atom. The van der Waals surface area contributed by atoms with Crippen molar-refractivity contribution in [1.29, 1.82) is 0 Å². The number of hydrogen-bond acceptors (Lipinski definition) is 7. The predicted molar refractivity (Wildman–Crippen MR) is 67.3 cm³/mol. The molecule has 0 aliphatic carbocycles. The number of hydrogen-bond donors (Lipinski definition) is 1. The molecule has 0 unspecified atom stereocenters. The molecule has 0 spiro atoms. The molecular formula is C7H22O7Si3. The van der Waals surface area contributed by atoms with Crippen LogP contribution in [0.3, 0.4) is 0 Å². The zero-order valence-corrected chi connectivity index (χ0v) is 14.4. The van der Waals surface area contributed by atoms with E-state index >= 15 is 0 Å². The Bertz CT molecular complexity index is 208. The van der Waals surface area contributed by atoms with Gasteiger partial charge in [-0.15, -0.1) is 0 Å². The highest BCUT2D eigenvalue weighted by Gasteiger charge is 2.50. The molecule has 0 amide bonds. The van der Waals surface area contributed by atoms with E-state index in [1.54, 1.807) is 13.1 Å². The Kier molecular flexibility index (Phi) is 6.65. The smallest absolute Gasteiger partial charge is 0.391 e. The third kappa shape index (κ3) is 5.69. The van der Waals surface area contributed by atoms with E-state index in [2.05, 4.69) is 0 Å². The zero-order valence-electron chi connectivity index (χ0n) is 11.4. The van der Waals surface area contributed by atoms with Crippen LogP contribution in [-0.4, -0.2) is 59.6 Å². The van der Waals surface area contributed by atoms with Crippen LogP contribution in [0.25, 0.3) is 0 Å². The van der Waals surface area contributed by atoms with Gasteiger partial charge < -0.3 is 30.7 Å². The van der Waals surface area contributed by atoms with Crippen LogP contribution in [-0.2, 0) is 25.9 Å². The third-order valence-corrected chi connectivity index (χ3v) is 11.2. The summed E-state index contributed by atoms with van der Waals surface area (Å²) in [6.07, 6.45) is 0. The second-order valence-electron chi connectivity index (χ2n) is 3.64. The van der Waals surface area contributed by atoms with E-state index in [4.69, 9.17) is 25.9 Å². The van der Waals surface area contributed by atoms with Gasteiger partial charge >= 0.3 is 26.4 Å². The summed E-state index contributed by atoms with van der Waals surface area (Å²) in [6, 6.07) is 0. The fraction of sp³-hybridized carbons (Fsp3) is 1.00. The first-order valence-electron chi connectivity index (χ1n) is 4.99. The monoisotopic (exact) mass is 302 g/mol. The van der Waals surface area contributed by atoms with Gasteiger partial charge in [-0.2, -0.15) is 0 Å². The molecular weight excluding hydrogens is 280 g/mol. The van der Waals surface area contributed by atoms with Crippen molar-refractivity contribution in [1.82, 2.24) is 0 Å². The van der Waals surface area contributed by atoms with Crippen LogP contribution in [0.4, 0.5) is 0 Å². The summed E-state index contributed by atoms with van der Waals surface area (Å²) in [6.45, 7) is 4.80. The van der Waals surface area contributed by atoms with Crippen LogP contribution in [0.2, 0.25) is 19.6 Å². The molecule has 0 bridgehead atoms. The molecule has 0 aromatic carbocycles. The molecule has 0 rings (SSSR count). The molecule has 0 aliphatic rings. The van der Waals surface area contributed by atoms with Crippen LogP contribution in [0, 0.1) is 0 Å². The second-order valence-corrected chi connectivity index (χ2v) is 12.2. The lowest BCUT2D eigenvalue weighted by atomic mass is 11.8. The van der Waals surface area contributed by atoms with E-state index in [0.29, 0.717) is 0 Å². The van der Waals surface area contributed by atoms with Gasteiger partial charge in [-0.3, -0.25) is 0 Å². The van der Waals surface area contributed by atoms with Gasteiger partial charge in [0.25, 0.3) is 0 Å². The van der Waals surface area contributed by atoms with E-state index in [1.165, 1.54) is 35.0 Å². The lowest BCUT2D eigenvalue weighted by Gasteiger charge is -2.34. The molecule has 0 heterocycles. The van der Waals surface area contributed by atoms with Gasteiger partial charge in [-0.05, 0) is 0 Å². The summed E-state index contributed by atoms with van der Waals surface area (Å²) in [5.41, 5.74) is 0. The summed E-state index contributed by atoms with van der Waals surface area (Å²) in [5, 5.41) is 0. The summed E-state index contributed by atoms with van der Waals surface area (Å²) >= 11 is 0. The van der Waals surface area contributed by atoms with Gasteiger partial charge in [-0.25, -0.2) is 0 Å². The lowest BCUT2D eigenvalue weighted by molar-refractivity contribution is 0.0919. The normalized spacial score (nSPS) is 14.1. The van der Waals surface area contributed by atoms with Gasteiger partial charge in [0, 0.05) is 48.1 Å². The predicted octanol–water partition coefficient (Wildman–Crippen LogP) is 0.304. The maximum atomic E-state index is 10.2. The Morgan fingerprint density at radius 2 is 0.882 bits per heavy atom. The molecule has 0 aromatic heterocycles. The minimum Gasteiger partial charge on any atom is -0.391 e. The van der Waals surface area contributed by atoms with E-state index < -0.39 is 26.4 Å². The SMILES string of the molecule is CO[Si](C)(OC)O[Si](C)(O)O[Si](C)(OC)OC. The molecule has 0 radical (unpaired) electrons. The highest BCUT2D eigenvalue weighted by molar-refractivity contribution is 6.78. The molecule has 0 saturated carbocycles. The van der Waals surface area contributed by atoms with Crippen LogP contribution in [0.5, 0.6) is 0 Å². The second kappa shape index (κ2) is 6.51. The van der Waals surface area contributed by atoms with Crippen molar-refractivity contribution in [2.45, 2.75) is 19.6 Å². The fourth-order valence-corrected chi connectivity index (χ4v) is 8.75. The maximum absolute atomic E-state index is 10.2. The van der Waals surface area contributed by atoms with Crippen LogP contribution in [0.15, 0.2) is 0 Å². The average molecular weight is 303 g/mol. The van der Waals surface area contributed by atoms with Gasteiger partial charge in [0.15, 0.2) is 0 Å². The standard InChI is InChI=1S/C7H22O7Si3/c1-9-16(6,10-2)13-15(5,8)14-17(7,11-3)12-4/h8H,1-7H3. The summed E-state index contributed by atoms with van der Waals surface area (Å²) in [4.78, 5) is 10.2. The van der Waals surface area contributed by atoms with Crippen molar-refractivity contribution in [3.05, 3.63) is 0 Å². The molecule has 10 heteroatoms. The quantitative estimate of drug-likeness (QED) is 0.646. The Morgan fingerprint density at radius 1 is 0.647 bits per heavy atom. The van der Waals surface area contributed by atoms with Gasteiger partial charge in [0.1, 0.15) is 0 Å². The van der Waals surface area contributed by atoms with E-state index in [-0.39, 0.29) is 0 Å². The topological polar surface area (TPSA) is 75.6 Å². The summed E-state index contributed by atoms with van der Waals surface area (Å²) in [5.74, 6) is 0. The lowest BCUT2D eigenvalue weighted by Crippen LogP contribution is -2.59. The molecule has 0 saturated heterocycles. The zero-order chi connectivity index (χ0) is 13.7. The van der Waals surface area contributed by atoms with E-state index in [0.717, 1.165) is 0 Å².